The van der Waals surface area contributed by atoms with E-state index < -0.39 is 0 Å². The molecule has 4 heteroatoms. The van der Waals surface area contributed by atoms with Crippen LogP contribution in [0.25, 0.3) is 88.6 Å². The zero-order valence-electron chi connectivity index (χ0n) is 30.8. The average Bonchev–Trinajstić information content (AvgIpc) is 3.87. The quantitative estimate of drug-likeness (QED) is 0.164. The number of fused-ring (bicyclic) bond motifs is 5. The minimum Gasteiger partial charge on any atom is -0.455 e. The number of aromatic nitrogens is 1. The van der Waals surface area contributed by atoms with Gasteiger partial charge in [0.25, 0.3) is 0 Å². The van der Waals surface area contributed by atoms with E-state index in [1.807, 2.05) is 36.4 Å². The van der Waals surface area contributed by atoms with Gasteiger partial charge in [0.1, 0.15) is 16.7 Å². The van der Waals surface area contributed by atoms with Crippen LogP contribution in [0.2, 0.25) is 0 Å². The molecular formula is C53H34N2O2. The topological polar surface area (TPSA) is 42.4 Å². The molecule has 0 aliphatic carbocycles. The van der Waals surface area contributed by atoms with Gasteiger partial charge in [-0.15, -0.1) is 0 Å². The van der Waals surface area contributed by atoms with E-state index in [0.29, 0.717) is 5.89 Å². The van der Waals surface area contributed by atoms with Crippen molar-refractivity contribution in [1.82, 2.24) is 4.98 Å². The third-order valence-electron chi connectivity index (χ3n) is 10.9. The SMILES string of the molecule is c1ccc(-c2nc3cc4oc5c(-c6ccc(N(c7ccc(-c8cccc9ccccc89)cc7)c7ccccc7-c7ccccc7)cc6)cccc5c4cc3o2)cc1. The van der Waals surface area contributed by atoms with Crippen LogP contribution in [0, 0.1) is 0 Å². The average molecular weight is 731 g/mol. The predicted molar refractivity (Wildman–Crippen MR) is 235 cm³/mol. The molecule has 2 aromatic heterocycles. The van der Waals surface area contributed by atoms with E-state index in [1.54, 1.807) is 0 Å². The molecular weight excluding hydrogens is 697 g/mol. The highest BCUT2D eigenvalue weighted by molar-refractivity contribution is 6.12. The number of hydrogen-bond acceptors (Lipinski definition) is 4. The summed E-state index contributed by atoms with van der Waals surface area (Å²) in [4.78, 5) is 7.14. The first-order valence-electron chi connectivity index (χ1n) is 19.2. The van der Waals surface area contributed by atoms with Crippen molar-refractivity contribution in [3.8, 4) is 44.8 Å². The molecule has 268 valence electrons. The predicted octanol–water partition coefficient (Wildman–Crippen LogP) is 15.0. The molecule has 0 amide bonds. The lowest BCUT2D eigenvalue weighted by atomic mass is 9.97. The first-order chi connectivity index (χ1) is 28.2. The Hall–Kier alpha value is -7.69. The van der Waals surface area contributed by atoms with Crippen LogP contribution in [-0.4, -0.2) is 4.98 Å². The molecule has 0 aliphatic rings. The van der Waals surface area contributed by atoms with Crippen molar-refractivity contribution in [3.05, 3.63) is 206 Å². The van der Waals surface area contributed by atoms with Gasteiger partial charge in [-0.05, 0) is 81.6 Å². The van der Waals surface area contributed by atoms with Gasteiger partial charge in [0.15, 0.2) is 5.58 Å². The molecule has 0 saturated heterocycles. The first-order valence-corrected chi connectivity index (χ1v) is 19.2. The normalized spacial score (nSPS) is 11.5. The molecule has 0 radical (unpaired) electrons. The van der Waals surface area contributed by atoms with Gasteiger partial charge in [0, 0.05) is 44.9 Å². The molecule has 11 aromatic rings. The lowest BCUT2D eigenvalue weighted by molar-refractivity contribution is 0.620. The van der Waals surface area contributed by atoms with Crippen molar-refractivity contribution in [2.45, 2.75) is 0 Å². The Balaban J connectivity index is 1.000. The summed E-state index contributed by atoms with van der Waals surface area (Å²) in [5, 5.41) is 4.52. The summed E-state index contributed by atoms with van der Waals surface area (Å²) in [7, 11) is 0. The summed E-state index contributed by atoms with van der Waals surface area (Å²) in [6, 6.07) is 72.4. The van der Waals surface area contributed by atoms with Crippen LogP contribution in [0.1, 0.15) is 0 Å². The molecule has 9 aromatic carbocycles. The van der Waals surface area contributed by atoms with Gasteiger partial charge in [-0.2, -0.15) is 0 Å². The molecule has 0 N–H and O–H groups in total. The van der Waals surface area contributed by atoms with Crippen molar-refractivity contribution in [2.75, 3.05) is 4.90 Å². The van der Waals surface area contributed by atoms with Crippen LogP contribution < -0.4 is 4.90 Å². The molecule has 0 aliphatic heterocycles. The third kappa shape index (κ3) is 5.74. The van der Waals surface area contributed by atoms with Crippen LogP contribution in [0.15, 0.2) is 215 Å². The van der Waals surface area contributed by atoms with Gasteiger partial charge in [-0.25, -0.2) is 4.98 Å². The Morgan fingerprint density at radius 3 is 1.70 bits per heavy atom. The minimum absolute atomic E-state index is 0.601. The Bertz CT molecular complexity index is 3210. The van der Waals surface area contributed by atoms with Crippen LogP contribution in [0.5, 0.6) is 0 Å². The fourth-order valence-corrected chi connectivity index (χ4v) is 8.17. The largest absolute Gasteiger partial charge is 0.455 e. The standard InChI is InChI=1S/C53H34N2O2/c1-3-13-36(14-4-1)44-20-9-10-24-49(44)55(40-29-25-37(26-30-40)43-21-11-18-35-15-7-8-19-42(35)43)41-31-27-38(28-32-41)45-22-12-23-46-47-33-51-48(34-50(47)56-52(45)46)54-53(57-51)39-16-5-2-6-17-39/h1-34H. The Morgan fingerprint density at radius 1 is 0.368 bits per heavy atom. The smallest absolute Gasteiger partial charge is 0.227 e. The van der Waals surface area contributed by atoms with Crippen LogP contribution in [-0.2, 0) is 0 Å². The van der Waals surface area contributed by atoms with Gasteiger partial charge in [-0.3, -0.25) is 0 Å². The maximum atomic E-state index is 6.62. The molecule has 4 nitrogen and oxygen atoms in total. The van der Waals surface area contributed by atoms with E-state index in [2.05, 4.69) is 175 Å². The second kappa shape index (κ2) is 13.6. The van der Waals surface area contributed by atoms with Crippen LogP contribution in [0.4, 0.5) is 17.1 Å². The molecule has 57 heavy (non-hydrogen) atoms. The molecule has 0 spiro atoms. The van der Waals surface area contributed by atoms with Crippen molar-refractivity contribution < 1.29 is 8.83 Å². The number of anilines is 3. The Kier molecular flexibility index (Phi) is 7.78. The zero-order valence-corrected chi connectivity index (χ0v) is 30.8. The highest BCUT2D eigenvalue weighted by Crippen LogP contribution is 2.43. The maximum Gasteiger partial charge on any atom is 0.227 e. The fraction of sp³-hybridized carbons (Fsp3) is 0. The number of nitrogens with zero attached hydrogens (tertiary/aromatic N) is 2. The number of oxazole rings is 1. The molecule has 11 rings (SSSR count). The van der Waals surface area contributed by atoms with Crippen molar-refractivity contribution in [1.29, 1.82) is 0 Å². The van der Waals surface area contributed by atoms with E-state index in [0.717, 1.165) is 77.9 Å². The summed E-state index contributed by atoms with van der Waals surface area (Å²) in [5.74, 6) is 0.601. The number of furan rings is 1. The van der Waals surface area contributed by atoms with Gasteiger partial charge in [-0.1, -0.05) is 152 Å². The van der Waals surface area contributed by atoms with Crippen molar-refractivity contribution in [3.63, 3.8) is 0 Å². The summed E-state index contributed by atoms with van der Waals surface area (Å²) in [6.45, 7) is 0. The van der Waals surface area contributed by atoms with Gasteiger partial charge in [0.2, 0.25) is 5.89 Å². The second-order valence-corrected chi connectivity index (χ2v) is 14.3. The maximum absolute atomic E-state index is 6.62. The highest BCUT2D eigenvalue weighted by atomic mass is 16.4. The summed E-state index contributed by atoms with van der Waals surface area (Å²) < 4.78 is 12.9. The van der Waals surface area contributed by atoms with E-state index in [4.69, 9.17) is 13.8 Å². The molecule has 0 saturated carbocycles. The van der Waals surface area contributed by atoms with Gasteiger partial charge >= 0.3 is 0 Å². The van der Waals surface area contributed by atoms with E-state index >= 15 is 0 Å². The highest BCUT2D eigenvalue weighted by Gasteiger charge is 2.20. The third-order valence-corrected chi connectivity index (χ3v) is 10.9. The summed E-state index contributed by atoms with van der Waals surface area (Å²) in [5.41, 5.74) is 14.1. The minimum atomic E-state index is 0.601. The summed E-state index contributed by atoms with van der Waals surface area (Å²) >= 11 is 0. The molecule has 0 fully saturated rings. The molecule has 0 atom stereocenters. The first kappa shape index (κ1) is 32.7. The van der Waals surface area contributed by atoms with Gasteiger partial charge in [0.05, 0.1) is 5.69 Å². The van der Waals surface area contributed by atoms with E-state index in [1.165, 1.54) is 21.9 Å². The summed E-state index contributed by atoms with van der Waals surface area (Å²) in [6.07, 6.45) is 0. The Morgan fingerprint density at radius 2 is 0.930 bits per heavy atom. The number of para-hydroxylation sites is 2. The lowest BCUT2D eigenvalue weighted by Crippen LogP contribution is -2.11. The van der Waals surface area contributed by atoms with Gasteiger partial charge < -0.3 is 13.7 Å². The van der Waals surface area contributed by atoms with Crippen LogP contribution >= 0.6 is 0 Å². The zero-order chi connectivity index (χ0) is 37.7. The number of rotatable bonds is 7. The van der Waals surface area contributed by atoms with E-state index in [-0.39, 0.29) is 0 Å². The molecule has 0 unspecified atom stereocenters. The van der Waals surface area contributed by atoms with Crippen LogP contribution in [0.3, 0.4) is 0 Å². The number of benzene rings is 9. The number of hydrogen-bond donors (Lipinski definition) is 0. The van der Waals surface area contributed by atoms with Crippen molar-refractivity contribution in [2.24, 2.45) is 0 Å². The monoisotopic (exact) mass is 730 g/mol. The molecule has 0 bridgehead atoms. The molecule has 2 heterocycles. The Labute approximate surface area is 329 Å². The van der Waals surface area contributed by atoms with Crippen molar-refractivity contribution >= 4 is 60.9 Å². The fourth-order valence-electron chi connectivity index (χ4n) is 8.17. The second-order valence-electron chi connectivity index (χ2n) is 14.3. The van der Waals surface area contributed by atoms with E-state index in [9.17, 15) is 0 Å². The lowest BCUT2D eigenvalue weighted by Gasteiger charge is -2.28.